The summed E-state index contributed by atoms with van der Waals surface area (Å²) in [4.78, 5) is 38.2. The molecule has 0 fully saturated rings. The molecule has 1 N–H and O–H groups in total. The van der Waals surface area contributed by atoms with Gasteiger partial charge in [-0.15, -0.1) is 0 Å². The van der Waals surface area contributed by atoms with Crippen molar-refractivity contribution in [2.75, 3.05) is 5.01 Å². The van der Waals surface area contributed by atoms with Gasteiger partial charge in [-0.1, -0.05) is 12.1 Å². The Bertz CT molecular complexity index is 1620. The number of hydrogen-bond acceptors (Lipinski definition) is 5. The van der Waals surface area contributed by atoms with E-state index < -0.39 is 39.9 Å². The minimum absolute atomic E-state index is 0.141. The number of halogens is 2. The molecule has 5 rings (SSSR count). The fraction of sp³-hybridized carbons (Fsp3) is 0.148. The molecular formula is C27H21F2N5O4. The maximum atomic E-state index is 13.8. The minimum Gasteiger partial charge on any atom is -0.295 e. The van der Waals surface area contributed by atoms with Gasteiger partial charge in [-0.05, 0) is 67.9 Å². The van der Waals surface area contributed by atoms with Crippen LogP contribution in [0.1, 0.15) is 29.7 Å². The van der Waals surface area contributed by atoms with Gasteiger partial charge in [0, 0.05) is 35.0 Å². The van der Waals surface area contributed by atoms with Gasteiger partial charge in [-0.25, -0.2) is 18.5 Å². The third-order valence-corrected chi connectivity index (χ3v) is 6.56. The Hall–Kier alpha value is -4.93. The molecule has 0 radical (unpaired) electrons. The number of anilines is 1. The van der Waals surface area contributed by atoms with Gasteiger partial charge in [-0.2, -0.15) is 5.10 Å². The molecule has 1 aliphatic rings. The number of aromatic amines is 1. The van der Waals surface area contributed by atoms with Crippen LogP contribution in [0.3, 0.4) is 0 Å². The van der Waals surface area contributed by atoms with Crippen LogP contribution in [0, 0.1) is 34.6 Å². The van der Waals surface area contributed by atoms with Gasteiger partial charge >= 0.3 is 0 Å². The summed E-state index contributed by atoms with van der Waals surface area (Å²) in [6.45, 7) is 3.34. The number of carbonyl (C=O) groups excluding carboxylic acids is 1. The highest BCUT2D eigenvalue weighted by Gasteiger charge is 2.43. The van der Waals surface area contributed by atoms with E-state index in [9.17, 15) is 28.5 Å². The summed E-state index contributed by atoms with van der Waals surface area (Å²) in [6.07, 6.45) is 0. The van der Waals surface area contributed by atoms with E-state index in [1.807, 2.05) is 0 Å². The highest BCUT2D eigenvalue weighted by atomic mass is 19.1. The normalized spacial score (nSPS) is 16.0. The lowest BCUT2D eigenvalue weighted by atomic mass is 9.78. The highest BCUT2D eigenvalue weighted by Crippen LogP contribution is 2.39. The quantitative estimate of drug-likeness (QED) is 0.291. The fourth-order valence-corrected chi connectivity index (χ4v) is 4.76. The summed E-state index contributed by atoms with van der Waals surface area (Å²) in [5, 5.41) is 19.8. The Kier molecular flexibility index (Phi) is 6.19. The lowest BCUT2D eigenvalue weighted by molar-refractivity contribution is -0.384. The van der Waals surface area contributed by atoms with Crippen LogP contribution in [0.2, 0.25) is 0 Å². The second kappa shape index (κ2) is 9.51. The zero-order valence-electron chi connectivity index (χ0n) is 20.3. The summed E-state index contributed by atoms with van der Waals surface area (Å²) >= 11 is 0. The van der Waals surface area contributed by atoms with Crippen molar-refractivity contribution in [1.82, 2.24) is 9.78 Å². The van der Waals surface area contributed by atoms with Crippen molar-refractivity contribution < 1.29 is 18.5 Å². The number of hydrazone groups is 1. The Balaban J connectivity index is 1.65. The van der Waals surface area contributed by atoms with E-state index in [-0.39, 0.29) is 11.3 Å². The molecule has 0 spiro atoms. The molecule has 192 valence electrons. The summed E-state index contributed by atoms with van der Waals surface area (Å²) < 4.78 is 28.2. The van der Waals surface area contributed by atoms with Crippen molar-refractivity contribution in [2.45, 2.75) is 19.8 Å². The molecule has 38 heavy (non-hydrogen) atoms. The summed E-state index contributed by atoms with van der Waals surface area (Å²) in [5.41, 5.74) is 1.78. The Morgan fingerprint density at radius 3 is 2.00 bits per heavy atom. The number of carbonyl (C=O) groups is 1. The van der Waals surface area contributed by atoms with Crippen molar-refractivity contribution in [1.29, 1.82) is 0 Å². The molecule has 2 atom stereocenters. The standard InChI is InChI=1S/C27H21F2N5O4/c1-15-23(26(35)32(30-15)20-11-5-18(28)6-12-20)25(17-3-9-22(10-4-17)34(37)38)24-16(2)31-33(27(24)36)21-13-7-19(29)8-14-21/h3-14,23,25,31H,1-2H3/t23-,25+/m1/s1. The lowest BCUT2D eigenvalue weighted by Gasteiger charge is -2.23. The van der Waals surface area contributed by atoms with E-state index in [1.165, 1.54) is 82.5 Å². The van der Waals surface area contributed by atoms with E-state index in [0.717, 1.165) is 0 Å². The highest BCUT2D eigenvalue weighted by molar-refractivity contribution is 6.15. The average molecular weight is 517 g/mol. The van der Waals surface area contributed by atoms with E-state index in [2.05, 4.69) is 10.2 Å². The largest absolute Gasteiger partial charge is 0.295 e. The SMILES string of the molecule is CC1=NN(c2ccc(F)cc2)C(=O)[C@H]1[C@H](c1ccc([N+](=O)[O-])cc1)c1c(C)[nH]n(-c2ccc(F)cc2)c1=O. The molecule has 0 saturated heterocycles. The van der Waals surface area contributed by atoms with Crippen LogP contribution in [0.4, 0.5) is 20.2 Å². The number of nitro benzene ring substituents is 1. The van der Waals surface area contributed by atoms with Crippen LogP contribution in [-0.2, 0) is 4.79 Å². The molecule has 9 nitrogen and oxygen atoms in total. The van der Waals surface area contributed by atoms with Gasteiger partial charge in [0.2, 0.25) is 0 Å². The molecule has 3 aromatic carbocycles. The van der Waals surface area contributed by atoms with Crippen molar-refractivity contribution in [3.63, 3.8) is 0 Å². The van der Waals surface area contributed by atoms with Gasteiger partial charge in [0.1, 0.15) is 11.6 Å². The number of rotatable bonds is 6. The molecule has 1 aliphatic heterocycles. The number of nitro groups is 1. The van der Waals surface area contributed by atoms with Crippen LogP contribution in [-0.4, -0.2) is 26.3 Å². The second-order valence-electron chi connectivity index (χ2n) is 8.94. The number of nitrogens with one attached hydrogen (secondary N) is 1. The van der Waals surface area contributed by atoms with Crippen LogP contribution >= 0.6 is 0 Å². The van der Waals surface area contributed by atoms with E-state index in [0.29, 0.717) is 28.3 Å². The molecule has 4 aromatic rings. The Morgan fingerprint density at radius 1 is 0.895 bits per heavy atom. The zero-order valence-corrected chi connectivity index (χ0v) is 20.3. The number of benzene rings is 3. The van der Waals surface area contributed by atoms with Crippen molar-refractivity contribution in [3.05, 3.63) is 122 Å². The number of nitrogens with zero attached hydrogens (tertiary/aromatic N) is 4. The number of amides is 1. The Morgan fingerprint density at radius 2 is 1.45 bits per heavy atom. The first-order chi connectivity index (χ1) is 18.2. The number of non-ortho nitro benzene ring substituents is 1. The summed E-state index contributed by atoms with van der Waals surface area (Å²) in [5.74, 6) is -3.15. The summed E-state index contributed by atoms with van der Waals surface area (Å²) in [6, 6.07) is 16.3. The predicted molar refractivity (Wildman–Crippen MR) is 137 cm³/mol. The summed E-state index contributed by atoms with van der Waals surface area (Å²) in [7, 11) is 0. The van der Waals surface area contributed by atoms with E-state index in [4.69, 9.17) is 0 Å². The van der Waals surface area contributed by atoms with E-state index >= 15 is 0 Å². The average Bonchev–Trinajstić information content (AvgIpc) is 3.36. The molecule has 1 amide bonds. The minimum atomic E-state index is -0.926. The van der Waals surface area contributed by atoms with Crippen molar-refractivity contribution in [2.24, 2.45) is 11.0 Å². The number of hydrogen-bond donors (Lipinski definition) is 1. The molecular weight excluding hydrogens is 496 g/mol. The second-order valence-corrected chi connectivity index (χ2v) is 8.94. The van der Waals surface area contributed by atoms with Gasteiger partial charge in [0.15, 0.2) is 0 Å². The van der Waals surface area contributed by atoms with Crippen molar-refractivity contribution in [3.8, 4) is 5.69 Å². The Labute approximate surface area is 214 Å². The van der Waals surface area contributed by atoms with Crippen LogP contribution in [0.15, 0.2) is 82.7 Å². The zero-order chi connectivity index (χ0) is 27.1. The van der Waals surface area contributed by atoms with Crippen LogP contribution in [0.5, 0.6) is 0 Å². The topological polar surface area (TPSA) is 114 Å². The molecule has 2 heterocycles. The predicted octanol–water partition coefficient (Wildman–Crippen LogP) is 4.83. The van der Waals surface area contributed by atoms with Crippen LogP contribution < -0.4 is 10.6 Å². The molecule has 0 aliphatic carbocycles. The molecule has 1 aromatic heterocycles. The number of aromatic nitrogens is 2. The number of H-pyrrole nitrogens is 1. The molecule has 0 bridgehead atoms. The first-order valence-electron chi connectivity index (χ1n) is 11.6. The molecule has 0 saturated carbocycles. The van der Waals surface area contributed by atoms with Gasteiger partial charge in [-0.3, -0.25) is 24.8 Å². The van der Waals surface area contributed by atoms with Crippen molar-refractivity contribution >= 4 is 23.0 Å². The fourth-order valence-electron chi connectivity index (χ4n) is 4.76. The third-order valence-electron chi connectivity index (χ3n) is 6.56. The maximum absolute atomic E-state index is 13.8. The van der Waals surface area contributed by atoms with E-state index in [1.54, 1.807) is 13.8 Å². The third kappa shape index (κ3) is 4.27. The van der Waals surface area contributed by atoms with Gasteiger partial charge in [0.05, 0.1) is 22.2 Å². The van der Waals surface area contributed by atoms with Gasteiger partial charge in [0.25, 0.3) is 17.2 Å². The first-order valence-corrected chi connectivity index (χ1v) is 11.6. The maximum Gasteiger partial charge on any atom is 0.275 e. The number of aryl methyl sites for hydroxylation is 1. The van der Waals surface area contributed by atoms with Gasteiger partial charge < -0.3 is 0 Å². The lowest BCUT2D eigenvalue weighted by Crippen LogP contribution is -2.34. The molecule has 0 unspecified atom stereocenters. The van der Waals surface area contributed by atoms with Crippen LogP contribution in [0.25, 0.3) is 5.69 Å². The smallest absolute Gasteiger partial charge is 0.275 e. The first kappa shape index (κ1) is 24.8. The monoisotopic (exact) mass is 517 g/mol. The molecule has 11 heteroatoms.